The Morgan fingerprint density at radius 1 is 1.47 bits per heavy atom. The van der Waals surface area contributed by atoms with Crippen molar-refractivity contribution in [3.05, 3.63) is 59.1 Å². The highest BCUT2D eigenvalue weighted by Crippen LogP contribution is 2.21. The average molecular weight is 297 g/mol. The van der Waals surface area contributed by atoms with Gasteiger partial charge >= 0.3 is 0 Å². The number of Topliss-reactive ketones (excluding diaryl/α,β-unsaturated/α-hetero) is 1. The lowest BCUT2D eigenvalue weighted by molar-refractivity contribution is -0.687. The molecule has 0 radical (unpaired) electrons. The van der Waals surface area contributed by atoms with Crippen molar-refractivity contribution >= 4 is 29.0 Å². The number of carbonyl (C=O) groups is 1. The molecular formula is C13H12Cl2N3O+. The Morgan fingerprint density at radius 2 is 2.26 bits per heavy atom. The van der Waals surface area contributed by atoms with Gasteiger partial charge in [0.15, 0.2) is 6.54 Å². The molecule has 0 spiro atoms. The van der Waals surface area contributed by atoms with Crippen LogP contribution in [-0.4, -0.2) is 15.6 Å². The Morgan fingerprint density at radius 3 is 2.95 bits per heavy atom. The Kier molecular flexibility index (Phi) is 4.35. The zero-order valence-electron chi connectivity index (χ0n) is 10.1. The van der Waals surface area contributed by atoms with E-state index in [9.17, 15) is 4.79 Å². The van der Waals surface area contributed by atoms with Crippen LogP contribution in [0.1, 0.15) is 10.4 Å². The Balaban J connectivity index is 2.13. The average Bonchev–Trinajstić information content (AvgIpc) is 2.76. The molecule has 0 N–H and O–H groups in total. The van der Waals surface area contributed by atoms with Crippen LogP contribution in [0.3, 0.4) is 0 Å². The molecule has 0 saturated carbocycles. The van der Waals surface area contributed by atoms with Gasteiger partial charge in [-0.15, -0.1) is 4.68 Å². The predicted octanol–water partition coefficient (Wildman–Crippen LogP) is 2.55. The van der Waals surface area contributed by atoms with E-state index in [1.165, 1.54) is 0 Å². The molecule has 98 valence electrons. The van der Waals surface area contributed by atoms with Gasteiger partial charge in [-0.2, -0.15) is 0 Å². The molecule has 4 nitrogen and oxygen atoms in total. The van der Waals surface area contributed by atoms with Crippen molar-refractivity contribution in [2.75, 3.05) is 0 Å². The lowest BCUT2D eigenvalue weighted by Gasteiger charge is -2.01. The summed E-state index contributed by atoms with van der Waals surface area (Å²) in [5.41, 5.74) is 0.442. The van der Waals surface area contributed by atoms with Crippen molar-refractivity contribution in [3.63, 3.8) is 0 Å². The van der Waals surface area contributed by atoms with Gasteiger partial charge in [0.2, 0.25) is 12.1 Å². The molecule has 0 bridgehead atoms. The van der Waals surface area contributed by atoms with Gasteiger partial charge in [0, 0.05) is 15.7 Å². The minimum absolute atomic E-state index is 0.115. The maximum absolute atomic E-state index is 12.1. The minimum atomic E-state index is -0.115. The Labute approximate surface area is 120 Å². The molecule has 0 amide bonds. The van der Waals surface area contributed by atoms with Crippen LogP contribution in [-0.2, 0) is 13.1 Å². The van der Waals surface area contributed by atoms with Gasteiger partial charge in [0.25, 0.3) is 6.33 Å². The second kappa shape index (κ2) is 5.99. The molecule has 1 aromatic heterocycles. The largest absolute Gasteiger partial charge is 0.290 e. The fourth-order valence-electron chi connectivity index (χ4n) is 1.64. The monoisotopic (exact) mass is 296 g/mol. The highest BCUT2D eigenvalue weighted by Gasteiger charge is 2.15. The van der Waals surface area contributed by atoms with E-state index in [-0.39, 0.29) is 12.3 Å². The molecule has 0 aliphatic carbocycles. The summed E-state index contributed by atoms with van der Waals surface area (Å²) in [4.78, 5) is 12.1. The number of allylic oxidation sites excluding steroid dienone is 1. The van der Waals surface area contributed by atoms with E-state index in [0.717, 1.165) is 0 Å². The molecule has 2 rings (SSSR count). The smallest absolute Gasteiger partial charge is 0.265 e. The lowest BCUT2D eigenvalue weighted by atomic mass is 10.1. The summed E-state index contributed by atoms with van der Waals surface area (Å²) in [5, 5.41) is 4.94. The summed E-state index contributed by atoms with van der Waals surface area (Å²) in [6.07, 6.45) is 5.13. The molecule has 0 aliphatic heterocycles. The number of hydrogen-bond donors (Lipinski definition) is 0. The molecule has 0 aliphatic rings. The van der Waals surface area contributed by atoms with Gasteiger partial charge < -0.3 is 0 Å². The standard InChI is InChI=1S/C13H12Cl2N3O/c1-2-5-17-8-16-18(9-17)7-13(19)11-4-3-10(14)6-12(11)15/h2-4,6,8-9H,1,5,7H2/q+1. The summed E-state index contributed by atoms with van der Waals surface area (Å²) >= 11 is 11.8. The fraction of sp³-hybridized carbons (Fsp3) is 0.154. The van der Waals surface area contributed by atoms with Crippen LogP contribution in [0.4, 0.5) is 0 Å². The number of halogens is 2. The van der Waals surface area contributed by atoms with Crippen LogP contribution >= 0.6 is 23.2 Å². The molecule has 0 unspecified atom stereocenters. The summed E-state index contributed by atoms with van der Waals surface area (Å²) < 4.78 is 3.38. The first-order valence-corrected chi connectivity index (χ1v) is 6.36. The summed E-state index contributed by atoms with van der Waals surface area (Å²) in [6, 6.07) is 4.81. The number of hydrogen-bond acceptors (Lipinski definition) is 2. The first-order valence-electron chi connectivity index (χ1n) is 5.61. The number of aromatic nitrogens is 3. The highest BCUT2D eigenvalue weighted by molar-refractivity contribution is 6.36. The third-order valence-corrected chi connectivity index (χ3v) is 3.05. The van der Waals surface area contributed by atoms with Crippen molar-refractivity contribution in [2.24, 2.45) is 0 Å². The van der Waals surface area contributed by atoms with Gasteiger partial charge in [-0.1, -0.05) is 35.9 Å². The van der Waals surface area contributed by atoms with Crippen molar-refractivity contribution in [1.29, 1.82) is 0 Å². The molecule has 1 heterocycles. The van der Waals surface area contributed by atoms with Crippen LogP contribution < -0.4 is 4.57 Å². The number of ketones is 1. The number of benzene rings is 1. The lowest BCUT2D eigenvalue weighted by Crippen LogP contribution is -2.29. The highest BCUT2D eigenvalue weighted by atomic mass is 35.5. The Bertz CT molecular complexity index is 622. The van der Waals surface area contributed by atoms with Gasteiger partial charge in [0.05, 0.1) is 11.6 Å². The summed E-state index contributed by atoms with van der Waals surface area (Å²) in [6.45, 7) is 4.42. The van der Waals surface area contributed by atoms with Crippen LogP contribution in [0.5, 0.6) is 0 Å². The molecule has 6 heteroatoms. The quantitative estimate of drug-likeness (QED) is 0.483. The van der Waals surface area contributed by atoms with Gasteiger partial charge in [-0.3, -0.25) is 4.79 Å². The van der Waals surface area contributed by atoms with Crippen molar-refractivity contribution in [1.82, 2.24) is 9.78 Å². The van der Waals surface area contributed by atoms with Gasteiger partial charge in [0.1, 0.15) is 0 Å². The van der Waals surface area contributed by atoms with E-state index in [4.69, 9.17) is 23.2 Å². The van der Waals surface area contributed by atoms with E-state index in [2.05, 4.69) is 11.7 Å². The molecule has 0 saturated heterocycles. The zero-order valence-corrected chi connectivity index (χ0v) is 11.6. The second-order valence-electron chi connectivity index (χ2n) is 3.98. The number of carbonyl (C=O) groups excluding carboxylic acids is 1. The maximum atomic E-state index is 12.1. The van der Waals surface area contributed by atoms with Crippen LogP contribution in [0.2, 0.25) is 10.0 Å². The number of rotatable bonds is 5. The first kappa shape index (κ1) is 13.8. The van der Waals surface area contributed by atoms with E-state index in [1.54, 1.807) is 41.6 Å². The number of nitrogens with zero attached hydrogens (tertiary/aromatic N) is 3. The van der Waals surface area contributed by atoms with Crippen molar-refractivity contribution in [2.45, 2.75) is 13.1 Å². The molecule has 2 aromatic rings. The van der Waals surface area contributed by atoms with E-state index < -0.39 is 0 Å². The third-order valence-electron chi connectivity index (χ3n) is 2.51. The molecule has 1 aromatic carbocycles. The van der Waals surface area contributed by atoms with Crippen molar-refractivity contribution in [3.8, 4) is 0 Å². The summed E-state index contributed by atoms with van der Waals surface area (Å²) in [5.74, 6) is -0.115. The SMILES string of the molecule is C=CC[n+]1cnn(CC(=O)c2ccc(Cl)cc2Cl)c1. The molecule has 19 heavy (non-hydrogen) atoms. The van der Waals surface area contributed by atoms with Gasteiger partial charge in [-0.25, -0.2) is 4.57 Å². The van der Waals surface area contributed by atoms with E-state index >= 15 is 0 Å². The predicted molar refractivity (Wildman–Crippen MR) is 73.4 cm³/mol. The molecule has 0 atom stereocenters. The topological polar surface area (TPSA) is 38.8 Å². The summed E-state index contributed by atoms with van der Waals surface area (Å²) in [7, 11) is 0. The van der Waals surface area contributed by atoms with Crippen LogP contribution in [0, 0.1) is 0 Å². The van der Waals surface area contributed by atoms with Gasteiger partial charge in [-0.05, 0) is 18.2 Å². The fourth-order valence-corrected chi connectivity index (χ4v) is 2.15. The van der Waals surface area contributed by atoms with Crippen molar-refractivity contribution < 1.29 is 9.36 Å². The minimum Gasteiger partial charge on any atom is -0.290 e. The normalized spacial score (nSPS) is 10.4. The zero-order chi connectivity index (χ0) is 13.8. The maximum Gasteiger partial charge on any atom is 0.265 e. The van der Waals surface area contributed by atoms with Crippen LogP contribution in [0.15, 0.2) is 43.5 Å². The van der Waals surface area contributed by atoms with Crippen LogP contribution in [0.25, 0.3) is 0 Å². The molecule has 0 fully saturated rings. The third kappa shape index (κ3) is 3.43. The first-order chi connectivity index (χ1) is 9.10. The van der Waals surface area contributed by atoms with E-state index in [1.807, 2.05) is 4.57 Å². The second-order valence-corrected chi connectivity index (χ2v) is 4.82. The van der Waals surface area contributed by atoms with E-state index in [0.29, 0.717) is 22.2 Å². The molecular weight excluding hydrogens is 285 g/mol. The Hall–Kier alpha value is -1.65.